The lowest BCUT2D eigenvalue weighted by Crippen LogP contribution is -2.35. The number of Topliss-reactive ketones (excluding diaryl/α,β-unsaturated/α-hetero) is 1. The molecule has 3 aliphatic rings. The molecule has 0 radical (unpaired) electrons. The lowest BCUT2D eigenvalue weighted by atomic mass is 9.82. The maximum Gasteiger partial charge on any atom is 0.258 e. The van der Waals surface area contributed by atoms with Crippen molar-refractivity contribution in [1.29, 1.82) is 0 Å². The topological polar surface area (TPSA) is 78.1 Å². The highest BCUT2D eigenvalue weighted by Crippen LogP contribution is 2.47. The highest BCUT2D eigenvalue weighted by molar-refractivity contribution is 6.23. The van der Waals surface area contributed by atoms with Crippen molar-refractivity contribution >= 4 is 23.2 Å². The third-order valence-electron chi connectivity index (χ3n) is 6.51. The van der Waals surface area contributed by atoms with E-state index in [1.54, 1.807) is 0 Å². The average Bonchev–Trinajstić information content (AvgIpc) is 3.11. The molecule has 1 saturated heterocycles. The van der Waals surface area contributed by atoms with Crippen molar-refractivity contribution in [1.82, 2.24) is 9.97 Å². The summed E-state index contributed by atoms with van der Waals surface area (Å²) in [6.07, 6.45) is 3.39. The summed E-state index contributed by atoms with van der Waals surface area (Å²) in [7, 11) is 0. The quantitative estimate of drug-likeness (QED) is 0.669. The molecule has 1 atom stereocenters. The second kappa shape index (κ2) is 6.94. The van der Waals surface area contributed by atoms with Gasteiger partial charge in [-0.15, -0.1) is 0 Å². The van der Waals surface area contributed by atoms with Crippen LogP contribution in [0.25, 0.3) is 5.70 Å². The van der Waals surface area contributed by atoms with Gasteiger partial charge < -0.3 is 10.2 Å². The van der Waals surface area contributed by atoms with E-state index in [0.29, 0.717) is 28.5 Å². The zero-order chi connectivity index (χ0) is 20.9. The van der Waals surface area contributed by atoms with E-state index in [1.807, 2.05) is 54.6 Å². The van der Waals surface area contributed by atoms with Gasteiger partial charge in [0.1, 0.15) is 5.82 Å². The zero-order valence-corrected chi connectivity index (χ0v) is 17.0. The van der Waals surface area contributed by atoms with Crippen LogP contribution >= 0.6 is 0 Å². The van der Waals surface area contributed by atoms with E-state index in [2.05, 4.69) is 15.2 Å². The van der Waals surface area contributed by atoms with Crippen LogP contribution < -0.4 is 15.8 Å². The van der Waals surface area contributed by atoms with Gasteiger partial charge in [0.25, 0.3) is 5.56 Å². The van der Waals surface area contributed by atoms with Crippen molar-refractivity contribution in [3.05, 3.63) is 92.8 Å². The van der Waals surface area contributed by atoms with Crippen molar-refractivity contribution in [3.8, 4) is 0 Å². The minimum atomic E-state index is -0.459. The molecule has 6 rings (SSSR count). The number of nitrogens with one attached hydrogen (secondary N) is 2. The molecule has 1 fully saturated rings. The SMILES string of the molecule is O=C1C2=C(Nc3nc(N4CCCCC4)[nH]c(=O)c3C2c2ccccc2)c2ccccc21. The number of aromatic amines is 1. The first-order valence-corrected chi connectivity index (χ1v) is 10.8. The van der Waals surface area contributed by atoms with Gasteiger partial charge in [0.05, 0.1) is 11.3 Å². The molecule has 1 aliphatic carbocycles. The van der Waals surface area contributed by atoms with Crippen LogP contribution in [0.15, 0.2) is 65.0 Å². The van der Waals surface area contributed by atoms with Crippen LogP contribution in [0.4, 0.5) is 11.8 Å². The first-order chi connectivity index (χ1) is 15.2. The van der Waals surface area contributed by atoms with Crippen LogP contribution in [0.2, 0.25) is 0 Å². The Morgan fingerprint density at radius 3 is 2.35 bits per heavy atom. The molecule has 6 heteroatoms. The zero-order valence-electron chi connectivity index (χ0n) is 17.0. The number of hydrogen-bond donors (Lipinski definition) is 2. The van der Waals surface area contributed by atoms with Gasteiger partial charge in [0.15, 0.2) is 5.78 Å². The summed E-state index contributed by atoms with van der Waals surface area (Å²) in [5.74, 6) is 0.655. The Morgan fingerprint density at radius 2 is 1.58 bits per heavy atom. The van der Waals surface area contributed by atoms with Crippen molar-refractivity contribution in [2.45, 2.75) is 25.2 Å². The van der Waals surface area contributed by atoms with Gasteiger partial charge in [0, 0.05) is 35.7 Å². The number of nitrogens with zero attached hydrogens (tertiary/aromatic N) is 2. The number of benzene rings is 2. The summed E-state index contributed by atoms with van der Waals surface area (Å²) in [6, 6.07) is 17.4. The number of anilines is 2. The molecule has 154 valence electrons. The predicted molar refractivity (Wildman–Crippen MR) is 121 cm³/mol. The largest absolute Gasteiger partial charge is 0.342 e. The van der Waals surface area contributed by atoms with Crippen molar-refractivity contribution in [3.63, 3.8) is 0 Å². The molecule has 2 aromatic carbocycles. The van der Waals surface area contributed by atoms with Crippen LogP contribution in [0.1, 0.15) is 52.2 Å². The molecule has 2 aliphatic heterocycles. The Labute approximate surface area is 179 Å². The molecule has 1 unspecified atom stereocenters. The fourth-order valence-electron chi connectivity index (χ4n) is 5.04. The number of fused-ring (bicyclic) bond motifs is 3. The van der Waals surface area contributed by atoms with Crippen LogP contribution in [-0.2, 0) is 0 Å². The van der Waals surface area contributed by atoms with Gasteiger partial charge in [-0.1, -0.05) is 54.6 Å². The third kappa shape index (κ3) is 2.75. The van der Waals surface area contributed by atoms with E-state index < -0.39 is 5.92 Å². The van der Waals surface area contributed by atoms with Crippen LogP contribution in [0.5, 0.6) is 0 Å². The molecule has 31 heavy (non-hydrogen) atoms. The fraction of sp³-hybridized carbons (Fsp3) is 0.240. The molecular formula is C25H22N4O2. The molecule has 1 aromatic heterocycles. The number of allylic oxidation sites excluding steroid dienone is 1. The Hall–Kier alpha value is -3.67. The first-order valence-electron chi connectivity index (χ1n) is 10.8. The number of carbonyl (C=O) groups is 1. The maximum atomic E-state index is 13.4. The van der Waals surface area contributed by atoms with E-state index >= 15 is 0 Å². The van der Waals surface area contributed by atoms with Crippen LogP contribution in [0, 0.1) is 0 Å². The normalized spacial score (nSPS) is 19.5. The summed E-state index contributed by atoms with van der Waals surface area (Å²) in [6.45, 7) is 1.78. The Balaban J connectivity index is 1.57. The first kappa shape index (κ1) is 18.1. The number of carbonyl (C=O) groups excluding carboxylic acids is 1. The van der Waals surface area contributed by atoms with Gasteiger partial charge in [-0.3, -0.25) is 14.6 Å². The summed E-state index contributed by atoms with van der Waals surface area (Å²) >= 11 is 0. The van der Waals surface area contributed by atoms with Gasteiger partial charge in [-0.2, -0.15) is 4.98 Å². The van der Waals surface area contributed by atoms with Crippen LogP contribution in [0.3, 0.4) is 0 Å². The molecule has 2 N–H and O–H groups in total. The highest BCUT2D eigenvalue weighted by Gasteiger charge is 2.42. The number of rotatable bonds is 2. The van der Waals surface area contributed by atoms with Gasteiger partial charge >= 0.3 is 0 Å². The van der Waals surface area contributed by atoms with E-state index in [-0.39, 0.29) is 11.3 Å². The van der Waals surface area contributed by atoms with E-state index in [1.165, 1.54) is 6.42 Å². The number of ketones is 1. The smallest absolute Gasteiger partial charge is 0.258 e. The summed E-state index contributed by atoms with van der Waals surface area (Å²) < 4.78 is 0. The minimum Gasteiger partial charge on any atom is -0.342 e. The minimum absolute atomic E-state index is 0.0305. The number of aromatic nitrogens is 2. The van der Waals surface area contributed by atoms with E-state index in [9.17, 15) is 9.59 Å². The molecule has 0 amide bonds. The van der Waals surface area contributed by atoms with Gasteiger partial charge in [-0.05, 0) is 24.8 Å². The van der Waals surface area contributed by atoms with Crippen molar-refractivity contribution in [2.75, 3.05) is 23.3 Å². The molecule has 0 saturated carbocycles. The standard InChI is InChI=1S/C25H22N4O2/c30-22-17-12-6-5-11-16(17)21-19(22)18(15-9-3-1-4-10-15)20-23(26-21)27-25(28-24(20)31)29-13-7-2-8-14-29/h1,3-6,9-12,18H,2,7-8,13-14H2,(H2,26,27,28,31). The number of H-pyrrole nitrogens is 1. The number of piperidine rings is 1. The Bertz CT molecular complexity index is 1290. The molecule has 0 spiro atoms. The molecule has 6 nitrogen and oxygen atoms in total. The summed E-state index contributed by atoms with van der Waals surface area (Å²) in [5, 5.41) is 3.37. The fourth-order valence-corrected chi connectivity index (χ4v) is 5.04. The molecule has 0 bridgehead atoms. The van der Waals surface area contributed by atoms with Crippen molar-refractivity contribution < 1.29 is 4.79 Å². The lowest BCUT2D eigenvalue weighted by Gasteiger charge is -2.31. The van der Waals surface area contributed by atoms with Gasteiger partial charge in [-0.25, -0.2) is 0 Å². The van der Waals surface area contributed by atoms with Crippen LogP contribution in [-0.4, -0.2) is 28.8 Å². The molecule has 3 aromatic rings. The predicted octanol–water partition coefficient (Wildman–Crippen LogP) is 3.93. The summed E-state index contributed by atoms with van der Waals surface area (Å²) in [4.78, 5) is 36.8. The van der Waals surface area contributed by atoms with Crippen molar-refractivity contribution in [2.24, 2.45) is 0 Å². The van der Waals surface area contributed by atoms with Gasteiger partial charge in [0.2, 0.25) is 5.95 Å². The number of hydrogen-bond acceptors (Lipinski definition) is 5. The Morgan fingerprint density at radius 1 is 0.871 bits per heavy atom. The lowest BCUT2D eigenvalue weighted by molar-refractivity contribution is 0.103. The van der Waals surface area contributed by atoms with E-state index in [0.717, 1.165) is 42.8 Å². The van der Waals surface area contributed by atoms with E-state index in [4.69, 9.17) is 4.98 Å². The average molecular weight is 410 g/mol. The second-order valence-electron chi connectivity index (χ2n) is 8.33. The second-order valence-corrected chi connectivity index (χ2v) is 8.33. The maximum absolute atomic E-state index is 13.4. The summed E-state index contributed by atoms with van der Waals surface area (Å²) in [5.41, 5.74) is 4.16. The monoisotopic (exact) mass is 410 g/mol. The molecular weight excluding hydrogens is 388 g/mol. The molecule has 3 heterocycles. The third-order valence-corrected chi connectivity index (χ3v) is 6.51. The Kier molecular flexibility index (Phi) is 4.06. The highest BCUT2D eigenvalue weighted by atomic mass is 16.1.